The summed E-state index contributed by atoms with van der Waals surface area (Å²) >= 11 is 0. The van der Waals surface area contributed by atoms with Crippen molar-refractivity contribution >= 4 is 31.0 Å². The number of amides is 3. The van der Waals surface area contributed by atoms with E-state index in [2.05, 4.69) is 36.7 Å². The molecule has 4 N–H and O–H groups in total. The van der Waals surface area contributed by atoms with E-state index in [0.29, 0.717) is 23.8 Å². The Kier molecular flexibility index (Phi) is 10.4. The number of alkyl carbamates (subject to hydrolysis) is 1. The predicted molar refractivity (Wildman–Crippen MR) is 178 cm³/mol. The normalized spacial score (nSPS) is 29.5. The largest absolute Gasteiger partial charge is 0.496 e. The molecule has 6 rings (SSSR count). The summed E-state index contributed by atoms with van der Waals surface area (Å²) in [5.41, 5.74) is -0.245. The van der Waals surface area contributed by atoms with Gasteiger partial charge in [0.2, 0.25) is 11.8 Å². The Hall–Kier alpha value is -3.32. The van der Waals surface area contributed by atoms with Crippen LogP contribution in [0.3, 0.4) is 0 Å². The molecule has 1 aromatic carbocycles. The van der Waals surface area contributed by atoms with Crippen molar-refractivity contribution in [1.82, 2.24) is 16.0 Å². The van der Waals surface area contributed by atoms with Crippen molar-refractivity contribution in [3.05, 3.63) is 29.3 Å². The summed E-state index contributed by atoms with van der Waals surface area (Å²) in [6, 6.07) is 4.97. The van der Waals surface area contributed by atoms with Crippen LogP contribution in [0.15, 0.2) is 18.2 Å². The number of aromatic carboxylic acids is 1. The number of carbonyl (C=O) groups excluding carboxylic acids is 3. The van der Waals surface area contributed by atoms with Crippen LogP contribution in [0.2, 0.25) is 0 Å². The fourth-order valence-corrected chi connectivity index (χ4v) is 8.46. The van der Waals surface area contributed by atoms with E-state index in [9.17, 15) is 24.3 Å². The monoisotopic (exact) mass is 669 g/mol. The van der Waals surface area contributed by atoms with Gasteiger partial charge in [0.05, 0.1) is 24.8 Å². The highest BCUT2D eigenvalue weighted by Crippen LogP contribution is 2.65. The highest BCUT2D eigenvalue weighted by Gasteiger charge is 2.68. The summed E-state index contributed by atoms with van der Waals surface area (Å²) in [6.45, 7) is 11.8. The molecule has 1 saturated heterocycles. The van der Waals surface area contributed by atoms with Crippen LogP contribution in [0.25, 0.3) is 0 Å². The van der Waals surface area contributed by atoms with Crippen LogP contribution in [0.4, 0.5) is 4.79 Å². The average Bonchev–Trinajstić information content (AvgIpc) is 3.37. The van der Waals surface area contributed by atoms with Crippen LogP contribution in [0, 0.1) is 23.2 Å². The van der Waals surface area contributed by atoms with Crippen molar-refractivity contribution in [2.45, 2.75) is 122 Å². The first kappa shape index (κ1) is 36.0. The van der Waals surface area contributed by atoms with Gasteiger partial charge in [-0.05, 0) is 107 Å². The van der Waals surface area contributed by atoms with Gasteiger partial charge in [0.1, 0.15) is 23.5 Å². The van der Waals surface area contributed by atoms with E-state index in [4.69, 9.17) is 18.8 Å². The van der Waals surface area contributed by atoms with Gasteiger partial charge in [-0.1, -0.05) is 26.0 Å². The molecule has 0 spiro atoms. The van der Waals surface area contributed by atoms with E-state index in [-0.39, 0.29) is 59.6 Å². The Morgan fingerprint density at radius 3 is 2.40 bits per heavy atom. The van der Waals surface area contributed by atoms with E-state index in [1.54, 1.807) is 26.8 Å². The van der Waals surface area contributed by atoms with E-state index in [1.165, 1.54) is 13.2 Å². The number of carboxylic acid groups (broad SMARTS) is 1. The Bertz CT molecular complexity index is 1390. The zero-order chi connectivity index (χ0) is 35.0. The summed E-state index contributed by atoms with van der Waals surface area (Å²) in [5, 5.41) is 18.4. The van der Waals surface area contributed by atoms with Gasteiger partial charge in [-0.3, -0.25) is 9.59 Å². The minimum Gasteiger partial charge on any atom is -0.496 e. The quantitative estimate of drug-likeness (QED) is 0.252. The van der Waals surface area contributed by atoms with Gasteiger partial charge in [-0.25, -0.2) is 9.59 Å². The summed E-state index contributed by atoms with van der Waals surface area (Å²) in [5.74, 6) is -0.731. The van der Waals surface area contributed by atoms with Gasteiger partial charge in [0.15, 0.2) is 0 Å². The van der Waals surface area contributed by atoms with Gasteiger partial charge >= 0.3 is 19.2 Å². The number of hydrogen-bond acceptors (Lipinski definition) is 8. The van der Waals surface area contributed by atoms with Crippen LogP contribution in [0.5, 0.6) is 5.75 Å². The summed E-state index contributed by atoms with van der Waals surface area (Å²) in [4.78, 5) is 49.8. The van der Waals surface area contributed by atoms with E-state index < -0.39 is 36.3 Å². The lowest BCUT2D eigenvalue weighted by Gasteiger charge is -2.64. The topological polar surface area (TPSA) is 162 Å². The minimum atomic E-state index is -1.09. The molecule has 5 fully saturated rings. The van der Waals surface area contributed by atoms with Crippen LogP contribution >= 0.6 is 0 Å². The molecular formula is C35H52BN3O9. The maximum atomic E-state index is 13.6. The number of methoxy groups -OCH3 is 1. The first-order chi connectivity index (χ1) is 22.5. The molecule has 1 aliphatic heterocycles. The van der Waals surface area contributed by atoms with Crippen molar-refractivity contribution < 1.29 is 43.1 Å². The highest BCUT2D eigenvalue weighted by atomic mass is 16.7. The highest BCUT2D eigenvalue weighted by molar-refractivity contribution is 6.48. The lowest BCUT2D eigenvalue weighted by Crippen LogP contribution is -2.65. The molecule has 5 atom stereocenters. The second kappa shape index (κ2) is 13.9. The maximum Gasteiger partial charge on any atom is 0.482 e. The second-order valence-corrected chi connectivity index (χ2v) is 15.9. The van der Waals surface area contributed by atoms with Crippen molar-refractivity contribution in [1.29, 1.82) is 0 Å². The SMILES string of the molecule is COc1c(C[C@H](NC(=O)CC2CCC(NC(=O)CNC(=O)OC(C)(C)C)CC2)B2OC3CC4CC(C4(C)C)C3(C)O2)cccc1C(=O)O. The molecule has 4 aliphatic carbocycles. The molecule has 3 amide bonds. The van der Waals surface area contributed by atoms with Crippen molar-refractivity contribution in [3.8, 4) is 5.75 Å². The fourth-order valence-electron chi connectivity index (χ4n) is 8.46. The molecule has 2 bridgehead atoms. The molecule has 4 saturated carbocycles. The average molecular weight is 670 g/mol. The van der Waals surface area contributed by atoms with Gasteiger partial charge in [-0.15, -0.1) is 0 Å². The molecule has 48 heavy (non-hydrogen) atoms. The summed E-state index contributed by atoms with van der Waals surface area (Å²) in [6.07, 6.45) is 4.88. The van der Waals surface area contributed by atoms with Crippen molar-refractivity contribution in [2.75, 3.05) is 13.7 Å². The molecule has 0 radical (unpaired) electrons. The number of carboxylic acids is 1. The summed E-state index contributed by atoms with van der Waals surface area (Å²) < 4.78 is 24.1. The van der Waals surface area contributed by atoms with E-state index >= 15 is 0 Å². The number of para-hydroxylation sites is 1. The molecule has 4 unspecified atom stereocenters. The Balaban J connectivity index is 1.19. The van der Waals surface area contributed by atoms with E-state index in [1.807, 2.05) is 6.07 Å². The lowest BCUT2D eigenvalue weighted by molar-refractivity contribution is -0.199. The number of ether oxygens (including phenoxy) is 2. The third-order valence-electron chi connectivity index (χ3n) is 11.1. The minimum absolute atomic E-state index is 0.0288. The van der Waals surface area contributed by atoms with Gasteiger partial charge in [0, 0.05) is 12.5 Å². The van der Waals surface area contributed by atoms with Crippen LogP contribution in [-0.2, 0) is 30.1 Å². The Morgan fingerprint density at radius 2 is 1.77 bits per heavy atom. The smallest absolute Gasteiger partial charge is 0.482 e. The maximum absolute atomic E-state index is 13.6. The third-order valence-corrected chi connectivity index (χ3v) is 11.1. The zero-order valence-electron chi connectivity index (χ0n) is 29.4. The number of carbonyl (C=O) groups is 4. The first-order valence-electron chi connectivity index (χ1n) is 17.3. The molecule has 264 valence electrons. The molecule has 13 heteroatoms. The van der Waals surface area contributed by atoms with Crippen LogP contribution in [0.1, 0.15) is 102 Å². The number of nitrogens with one attached hydrogen (secondary N) is 3. The number of rotatable bonds is 11. The molecule has 12 nitrogen and oxygen atoms in total. The molecule has 5 aliphatic rings. The lowest BCUT2D eigenvalue weighted by atomic mass is 9.43. The Labute approximate surface area is 283 Å². The zero-order valence-corrected chi connectivity index (χ0v) is 29.4. The molecular weight excluding hydrogens is 617 g/mol. The summed E-state index contributed by atoms with van der Waals surface area (Å²) in [7, 11) is 0.750. The number of hydrogen-bond donors (Lipinski definition) is 4. The molecule has 0 aromatic heterocycles. The molecule has 1 aromatic rings. The fraction of sp³-hybridized carbons (Fsp3) is 0.714. The van der Waals surface area contributed by atoms with Crippen molar-refractivity contribution in [3.63, 3.8) is 0 Å². The third kappa shape index (κ3) is 7.77. The first-order valence-corrected chi connectivity index (χ1v) is 17.3. The van der Waals surface area contributed by atoms with Gasteiger partial charge in [0.25, 0.3) is 0 Å². The Morgan fingerprint density at radius 1 is 1.06 bits per heavy atom. The number of benzene rings is 1. The van der Waals surface area contributed by atoms with Gasteiger partial charge < -0.3 is 39.8 Å². The van der Waals surface area contributed by atoms with Crippen molar-refractivity contribution in [2.24, 2.45) is 23.2 Å². The van der Waals surface area contributed by atoms with Crippen LogP contribution in [-0.4, -0.2) is 79.0 Å². The second-order valence-electron chi connectivity index (χ2n) is 15.9. The molecule has 1 heterocycles. The predicted octanol–water partition coefficient (Wildman–Crippen LogP) is 4.28. The van der Waals surface area contributed by atoms with Crippen LogP contribution < -0.4 is 20.7 Å². The standard InChI is InChI=1S/C35H52BN3O9/c1-33(2,3)46-32(44)37-19-29(41)38-23-13-11-20(12-14-23)15-28(40)39-27(16-21-9-8-10-24(31(42)43)30(21)45-7)36-47-26-18-22-17-25(34(22,4)5)35(26,6)48-36/h8-10,20,22-23,25-27H,11-19H2,1-7H3,(H,37,44)(H,38,41)(H,39,40)(H,42,43)/t20?,22?,23?,25?,26?,27-,35?/m0/s1. The van der Waals surface area contributed by atoms with E-state index in [0.717, 1.165) is 38.5 Å². The van der Waals surface area contributed by atoms with Gasteiger partial charge in [-0.2, -0.15) is 0 Å².